The Kier molecular flexibility index (Phi) is 6.40. The number of fused-ring (bicyclic) bond motifs is 1. The van der Waals surface area contributed by atoms with E-state index in [0.29, 0.717) is 19.1 Å². The summed E-state index contributed by atoms with van der Waals surface area (Å²) >= 11 is 0. The van der Waals surface area contributed by atoms with E-state index in [2.05, 4.69) is 13.8 Å². The smallest absolute Gasteiger partial charge is 0.190 e. The predicted octanol–water partition coefficient (Wildman–Crippen LogP) is 1.84. The zero-order valence-corrected chi connectivity index (χ0v) is 16.3. The van der Waals surface area contributed by atoms with Gasteiger partial charge in [-0.15, -0.1) is 0 Å². The molecule has 3 rings (SSSR count). The molecule has 0 saturated carbocycles. The van der Waals surface area contributed by atoms with Gasteiger partial charge in [0.2, 0.25) is 0 Å². The minimum Gasteiger partial charge on any atom is -0.493 e. The second-order valence-corrected chi connectivity index (χ2v) is 7.94. The lowest BCUT2D eigenvalue weighted by atomic mass is 10.1. The molecule has 5 atom stereocenters. The van der Waals surface area contributed by atoms with Crippen molar-refractivity contribution < 1.29 is 33.9 Å². The van der Waals surface area contributed by atoms with Crippen LogP contribution in [0, 0.1) is 5.92 Å². The first-order valence-electron chi connectivity index (χ1n) is 9.42. The molecule has 1 aromatic rings. The standard InChI is InChI=1S/C20H30O7/c1-12(2)10-23-14-7-5-13(6-8-14)11-24-17-16(15(22)9-21)25-19-18(17)26-20(3,4)27-19/h5-8,12,15-19,21-22H,9-11H2,1-4H3/t15-,16-,17-,18+,19+/m1/s1. The topological polar surface area (TPSA) is 86.6 Å². The van der Waals surface area contributed by atoms with Gasteiger partial charge >= 0.3 is 0 Å². The molecule has 0 amide bonds. The van der Waals surface area contributed by atoms with Crippen LogP contribution in [0.1, 0.15) is 33.3 Å². The van der Waals surface area contributed by atoms with Gasteiger partial charge in [0, 0.05) is 0 Å². The fourth-order valence-electron chi connectivity index (χ4n) is 3.24. The van der Waals surface area contributed by atoms with Gasteiger partial charge in [0.15, 0.2) is 12.1 Å². The molecule has 0 unspecified atom stereocenters. The summed E-state index contributed by atoms with van der Waals surface area (Å²) in [6.07, 6.45) is -3.41. The zero-order chi connectivity index (χ0) is 19.6. The molecule has 0 spiro atoms. The number of hydrogen-bond acceptors (Lipinski definition) is 7. The van der Waals surface area contributed by atoms with Gasteiger partial charge in [-0.05, 0) is 37.5 Å². The van der Waals surface area contributed by atoms with Crippen molar-refractivity contribution >= 4 is 0 Å². The lowest BCUT2D eigenvalue weighted by molar-refractivity contribution is -0.232. The number of ether oxygens (including phenoxy) is 5. The monoisotopic (exact) mass is 382 g/mol. The van der Waals surface area contributed by atoms with Crippen LogP contribution in [0.3, 0.4) is 0 Å². The highest BCUT2D eigenvalue weighted by Gasteiger charge is 2.56. The highest BCUT2D eigenvalue weighted by atomic mass is 16.8. The summed E-state index contributed by atoms with van der Waals surface area (Å²) in [5.74, 6) is 0.511. The molecule has 0 aromatic heterocycles. The average Bonchev–Trinajstić information content (AvgIpc) is 3.10. The summed E-state index contributed by atoms with van der Waals surface area (Å²) in [4.78, 5) is 0. The Morgan fingerprint density at radius 1 is 1.15 bits per heavy atom. The Morgan fingerprint density at radius 3 is 2.48 bits per heavy atom. The maximum Gasteiger partial charge on any atom is 0.190 e. The maximum absolute atomic E-state index is 10.1. The summed E-state index contributed by atoms with van der Waals surface area (Å²) in [7, 11) is 0. The third kappa shape index (κ3) is 4.99. The molecule has 2 saturated heterocycles. The predicted molar refractivity (Wildman–Crippen MR) is 97.1 cm³/mol. The van der Waals surface area contributed by atoms with Crippen LogP contribution in [0.5, 0.6) is 5.75 Å². The molecule has 0 bridgehead atoms. The van der Waals surface area contributed by atoms with Gasteiger partial charge in [-0.25, -0.2) is 0 Å². The number of hydrogen-bond donors (Lipinski definition) is 2. The molecule has 0 radical (unpaired) electrons. The van der Waals surface area contributed by atoms with Gasteiger partial charge in [0.05, 0.1) is 19.8 Å². The Hall–Kier alpha value is -1.22. The molecule has 7 nitrogen and oxygen atoms in total. The number of aliphatic hydroxyl groups is 2. The molecule has 7 heteroatoms. The fraction of sp³-hybridized carbons (Fsp3) is 0.700. The quantitative estimate of drug-likeness (QED) is 0.709. The SMILES string of the molecule is CC(C)COc1ccc(CO[C@H]2[C@@H]3OC(C)(C)O[C@@H]3O[C@@H]2[C@H](O)CO)cc1. The molecule has 2 fully saturated rings. The van der Waals surface area contributed by atoms with Crippen LogP contribution in [-0.2, 0) is 25.6 Å². The minimum atomic E-state index is -1.07. The van der Waals surface area contributed by atoms with Crippen molar-refractivity contribution in [3.05, 3.63) is 29.8 Å². The lowest BCUT2D eigenvalue weighted by Crippen LogP contribution is -2.44. The normalized spacial score (nSPS) is 30.5. The minimum absolute atomic E-state index is 0.320. The molecule has 152 valence electrons. The van der Waals surface area contributed by atoms with E-state index in [-0.39, 0.29) is 0 Å². The number of rotatable bonds is 8. The Balaban J connectivity index is 1.61. The molecule has 0 aliphatic carbocycles. The van der Waals surface area contributed by atoms with Crippen molar-refractivity contribution in [2.75, 3.05) is 13.2 Å². The molecular formula is C20H30O7. The highest BCUT2D eigenvalue weighted by Crippen LogP contribution is 2.39. The molecule has 2 N–H and O–H groups in total. The largest absolute Gasteiger partial charge is 0.493 e. The van der Waals surface area contributed by atoms with Crippen molar-refractivity contribution in [3.63, 3.8) is 0 Å². The van der Waals surface area contributed by atoms with Crippen molar-refractivity contribution in [1.82, 2.24) is 0 Å². The molecule has 27 heavy (non-hydrogen) atoms. The van der Waals surface area contributed by atoms with Gasteiger partial charge in [-0.1, -0.05) is 26.0 Å². The van der Waals surface area contributed by atoms with Gasteiger partial charge in [0.25, 0.3) is 0 Å². The highest BCUT2D eigenvalue weighted by molar-refractivity contribution is 5.27. The Morgan fingerprint density at radius 2 is 1.85 bits per heavy atom. The lowest BCUT2D eigenvalue weighted by Gasteiger charge is -2.28. The van der Waals surface area contributed by atoms with E-state index in [4.69, 9.17) is 23.7 Å². The third-order valence-electron chi connectivity index (χ3n) is 4.54. The molecular weight excluding hydrogens is 352 g/mol. The van der Waals surface area contributed by atoms with Crippen molar-refractivity contribution in [1.29, 1.82) is 0 Å². The third-order valence-corrected chi connectivity index (χ3v) is 4.54. The summed E-state index contributed by atoms with van der Waals surface area (Å²) in [6.45, 7) is 8.39. The van der Waals surface area contributed by atoms with E-state index in [1.807, 2.05) is 24.3 Å². The van der Waals surface area contributed by atoms with E-state index in [1.54, 1.807) is 13.8 Å². The summed E-state index contributed by atoms with van der Waals surface area (Å²) in [5.41, 5.74) is 0.964. The van der Waals surface area contributed by atoms with Gasteiger partial charge in [0.1, 0.15) is 30.2 Å². The van der Waals surface area contributed by atoms with E-state index in [9.17, 15) is 10.2 Å². The van der Waals surface area contributed by atoms with Gasteiger partial charge < -0.3 is 33.9 Å². The van der Waals surface area contributed by atoms with E-state index < -0.39 is 43.1 Å². The molecule has 2 aliphatic heterocycles. The van der Waals surface area contributed by atoms with Crippen LogP contribution in [0.15, 0.2) is 24.3 Å². The first kappa shape index (κ1) is 20.5. The summed E-state index contributed by atoms with van der Waals surface area (Å²) < 4.78 is 29.1. The van der Waals surface area contributed by atoms with Crippen molar-refractivity contribution in [2.45, 2.75) is 70.8 Å². The summed E-state index contributed by atoms with van der Waals surface area (Å²) in [6, 6.07) is 7.70. The van der Waals surface area contributed by atoms with E-state index in [0.717, 1.165) is 11.3 Å². The first-order chi connectivity index (χ1) is 12.8. The molecule has 1 aromatic carbocycles. The van der Waals surface area contributed by atoms with Gasteiger partial charge in [-0.2, -0.15) is 0 Å². The van der Waals surface area contributed by atoms with Crippen LogP contribution in [-0.4, -0.2) is 59.9 Å². The van der Waals surface area contributed by atoms with Gasteiger partial charge in [-0.3, -0.25) is 0 Å². The average molecular weight is 382 g/mol. The fourth-order valence-corrected chi connectivity index (χ4v) is 3.24. The molecule has 2 aliphatic rings. The van der Waals surface area contributed by atoms with E-state index in [1.165, 1.54) is 0 Å². The van der Waals surface area contributed by atoms with Crippen molar-refractivity contribution in [3.8, 4) is 5.75 Å². The second-order valence-electron chi connectivity index (χ2n) is 7.94. The Labute approximate surface area is 160 Å². The van der Waals surface area contributed by atoms with Crippen LogP contribution in [0.4, 0.5) is 0 Å². The van der Waals surface area contributed by atoms with Crippen molar-refractivity contribution in [2.24, 2.45) is 5.92 Å². The van der Waals surface area contributed by atoms with Crippen LogP contribution >= 0.6 is 0 Å². The van der Waals surface area contributed by atoms with Crippen LogP contribution < -0.4 is 4.74 Å². The van der Waals surface area contributed by atoms with E-state index >= 15 is 0 Å². The number of aliphatic hydroxyl groups excluding tert-OH is 2. The molecule has 2 heterocycles. The second kappa shape index (κ2) is 8.43. The number of benzene rings is 1. The Bertz CT molecular complexity index is 601. The summed E-state index contributed by atoms with van der Waals surface area (Å²) in [5, 5.41) is 19.4. The first-order valence-corrected chi connectivity index (χ1v) is 9.42. The maximum atomic E-state index is 10.1. The zero-order valence-electron chi connectivity index (χ0n) is 16.3. The van der Waals surface area contributed by atoms with Crippen LogP contribution in [0.25, 0.3) is 0 Å². The van der Waals surface area contributed by atoms with Crippen LogP contribution in [0.2, 0.25) is 0 Å².